The molecular formula is C19H19BrO5. The van der Waals surface area contributed by atoms with E-state index in [-0.39, 0.29) is 6.61 Å². The van der Waals surface area contributed by atoms with Gasteiger partial charge in [-0.05, 0) is 29.8 Å². The number of hydrogen-bond donors (Lipinski definition) is 0. The normalized spacial score (nSPS) is 10.6. The monoisotopic (exact) mass is 406 g/mol. The Bertz CT molecular complexity index is 745. The van der Waals surface area contributed by atoms with Gasteiger partial charge in [0.25, 0.3) is 0 Å². The molecule has 0 N–H and O–H groups in total. The second-order valence-electron chi connectivity index (χ2n) is 4.99. The van der Waals surface area contributed by atoms with Crippen LogP contribution in [0.1, 0.15) is 11.1 Å². The van der Waals surface area contributed by atoms with E-state index in [9.17, 15) is 4.79 Å². The Morgan fingerprint density at radius 1 is 1.04 bits per heavy atom. The van der Waals surface area contributed by atoms with Crippen molar-refractivity contribution in [1.82, 2.24) is 0 Å². The molecule has 0 aliphatic carbocycles. The Kier molecular flexibility index (Phi) is 6.89. The second kappa shape index (κ2) is 9.13. The topological polar surface area (TPSA) is 54.0 Å². The molecule has 132 valence electrons. The van der Waals surface area contributed by atoms with Gasteiger partial charge in [0.15, 0.2) is 11.5 Å². The summed E-state index contributed by atoms with van der Waals surface area (Å²) in [7, 11) is 4.61. The zero-order valence-corrected chi connectivity index (χ0v) is 15.8. The van der Waals surface area contributed by atoms with Crippen molar-refractivity contribution in [3.63, 3.8) is 0 Å². The molecule has 2 rings (SSSR count). The Balaban J connectivity index is 2.08. The van der Waals surface area contributed by atoms with Crippen molar-refractivity contribution in [2.45, 2.75) is 6.61 Å². The largest absolute Gasteiger partial charge is 0.493 e. The van der Waals surface area contributed by atoms with Crippen LogP contribution in [0.2, 0.25) is 0 Å². The smallest absolute Gasteiger partial charge is 0.331 e. The summed E-state index contributed by atoms with van der Waals surface area (Å²) in [5.41, 5.74) is 1.63. The van der Waals surface area contributed by atoms with E-state index in [1.165, 1.54) is 27.4 Å². The lowest BCUT2D eigenvalue weighted by molar-refractivity contribution is -0.138. The summed E-state index contributed by atoms with van der Waals surface area (Å²) in [6.45, 7) is 0.194. The lowest BCUT2D eigenvalue weighted by atomic mass is 10.1. The SMILES string of the molecule is COc1cc(/C=C/C(=O)OCc2ccccc2Br)cc(OC)c1OC. The molecule has 2 aromatic carbocycles. The molecule has 0 saturated heterocycles. The Morgan fingerprint density at radius 3 is 2.24 bits per heavy atom. The second-order valence-corrected chi connectivity index (χ2v) is 5.85. The van der Waals surface area contributed by atoms with Crippen LogP contribution in [-0.4, -0.2) is 27.3 Å². The summed E-state index contributed by atoms with van der Waals surface area (Å²) < 4.78 is 22.0. The molecule has 0 aliphatic rings. The van der Waals surface area contributed by atoms with Gasteiger partial charge < -0.3 is 18.9 Å². The number of esters is 1. The number of ether oxygens (including phenoxy) is 4. The van der Waals surface area contributed by atoms with Crippen molar-refractivity contribution in [1.29, 1.82) is 0 Å². The predicted octanol–water partition coefficient (Wildman–Crippen LogP) is 4.23. The highest BCUT2D eigenvalue weighted by Gasteiger charge is 2.12. The molecule has 25 heavy (non-hydrogen) atoms. The summed E-state index contributed by atoms with van der Waals surface area (Å²) in [6, 6.07) is 11.1. The van der Waals surface area contributed by atoms with Crippen LogP contribution in [0.3, 0.4) is 0 Å². The van der Waals surface area contributed by atoms with Crippen LogP contribution < -0.4 is 14.2 Å². The van der Waals surface area contributed by atoms with E-state index in [1.807, 2.05) is 24.3 Å². The van der Waals surface area contributed by atoms with Gasteiger partial charge in [-0.2, -0.15) is 0 Å². The number of carbonyl (C=O) groups excluding carboxylic acids is 1. The minimum Gasteiger partial charge on any atom is -0.493 e. The van der Waals surface area contributed by atoms with E-state index in [4.69, 9.17) is 18.9 Å². The zero-order chi connectivity index (χ0) is 18.2. The Labute approximate surface area is 155 Å². The van der Waals surface area contributed by atoms with Crippen LogP contribution in [-0.2, 0) is 16.1 Å². The van der Waals surface area contributed by atoms with Crippen molar-refractivity contribution in [3.8, 4) is 17.2 Å². The van der Waals surface area contributed by atoms with Gasteiger partial charge in [-0.1, -0.05) is 34.1 Å². The lowest BCUT2D eigenvalue weighted by Crippen LogP contribution is -2.01. The van der Waals surface area contributed by atoms with Crippen LogP contribution in [0.15, 0.2) is 46.9 Å². The van der Waals surface area contributed by atoms with Crippen LogP contribution in [0.5, 0.6) is 17.2 Å². The molecule has 0 amide bonds. The van der Waals surface area contributed by atoms with Gasteiger partial charge in [0.2, 0.25) is 5.75 Å². The van der Waals surface area contributed by atoms with E-state index in [0.29, 0.717) is 17.2 Å². The zero-order valence-electron chi connectivity index (χ0n) is 14.2. The molecule has 0 aliphatic heterocycles. The van der Waals surface area contributed by atoms with E-state index in [0.717, 1.165) is 15.6 Å². The van der Waals surface area contributed by atoms with Crippen molar-refractivity contribution in [3.05, 3.63) is 58.1 Å². The average Bonchev–Trinajstić information content (AvgIpc) is 2.64. The Hall–Kier alpha value is -2.47. The van der Waals surface area contributed by atoms with E-state index < -0.39 is 5.97 Å². The van der Waals surface area contributed by atoms with Crippen molar-refractivity contribution >= 4 is 28.0 Å². The molecule has 2 aromatic rings. The molecular weight excluding hydrogens is 388 g/mol. The number of benzene rings is 2. The van der Waals surface area contributed by atoms with Crippen LogP contribution in [0.4, 0.5) is 0 Å². The van der Waals surface area contributed by atoms with Crippen molar-refractivity contribution in [2.75, 3.05) is 21.3 Å². The minimum absolute atomic E-state index is 0.194. The fourth-order valence-corrected chi connectivity index (χ4v) is 2.57. The third-order valence-corrected chi connectivity index (χ3v) is 4.20. The molecule has 0 unspecified atom stereocenters. The summed E-state index contributed by atoms with van der Waals surface area (Å²) in [4.78, 5) is 11.9. The molecule has 0 atom stereocenters. The first-order valence-corrected chi connectivity index (χ1v) is 8.26. The van der Waals surface area contributed by atoms with Crippen molar-refractivity contribution < 1.29 is 23.7 Å². The Morgan fingerprint density at radius 2 is 1.68 bits per heavy atom. The first kappa shape index (κ1) is 18.9. The highest BCUT2D eigenvalue weighted by atomic mass is 79.9. The maximum Gasteiger partial charge on any atom is 0.331 e. The van der Waals surface area contributed by atoms with Gasteiger partial charge in [-0.3, -0.25) is 0 Å². The molecule has 0 spiro atoms. The molecule has 0 bridgehead atoms. The molecule has 5 nitrogen and oxygen atoms in total. The van der Waals surface area contributed by atoms with E-state index in [1.54, 1.807) is 18.2 Å². The minimum atomic E-state index is -0.440. The summed E-state index contributed by atoms with van der Waals surface area (Å²) >= 11 is 3.42. The van der Waals surface area contributed by atoms with Crippen LogP contribution in [0.25, 0.3) is 6.08 Å². The first-order valence-electron chi connectivity index (χ1n) is 7.47. The standard InChI is InChI=1S/C19H19BrO5/c1-22-16-10-13(11-17(23-2)19(16)24-3)8-9-18(21)25-12-14-6-4-5-7-15(14)20/h4-11H,12H2,1-3H3/b9-8+. The lowest BCUT2D eigenvalue weighted by Gasteiger charge is -2.12. The predicted molar refractivity (Wildman–Crippen MR) is 99.1 cm³/mol. The highest BCUT2D eigenvalue weighted by molar-refractivity contribution is 9.10. The number of methoxy groups -OCH3 is 3. The maximum absolute atomic E-state index is 11.9. The molecule has 0 radical (unpaired) electrons. The van der Waals surface area contributed by atoms with Crippen LogP contribution >= 0.6 is 15.9 Å². The summed E-state index contributed by atoms with van der Waals surface area (Å²) in [5, 5.41) is 0. The van der Waals surface area contributed by atoms with Crippen molar-refractivity contribution in [2.24, 2.45) is 0 Å². The molecule has 0 heterocycles. The molecule has 0 fully saturated rings. The van der Waals surface area contributed by atoms with Gasteiger partial charge in [-0.15, -0.1) is 0 Å². The first-order chi connectivity index (χ1) is 12.1. The number of carbonyl (C=O) groups is 1. The third-order valence-electron chi connectivity index (χ3n) is 3.43. The molecule has 6 heteroatoms. The van der Waals surface area contributed by atoms with Gasteiger partial charge in [0, 0.05) is 16.1 Å². The highest BCUT2D eigenvalue weighted by Crippen LogP contribution is 2.38. The van der Waals surface area contributed by atoms with Gasteiger partial charge in [0.1, 0.15) is 6.61 Å². The molecule has 0 saturated carbocycles. The fourth-order valence-electron chi connectivity index (χ4n) is 2.17. The van der Waals surface area contributed by atoms with E-state index >= 15 is 0 Å². The molecule has 0 aromatic heterocycles. The number of halogens is 1. The third kappa shape index (κ3) is 5.00. The van der Waals surface area contributed by atoms with E-state index in [2.05, 4.69) is 15.9 Å². The summed E-state index contributed by atoms with van der Waals surface area (Å²) in [5.74, 6) is 1.09. The maximum atomic E-state index is 11.9. The van der Waals surface area contributed by atoms with Gasteiger partial charge in [0.05, 0.1) is 21.3 Å². The van der Waals surface area contributed by atoms with Gasteiger partial charge in [-0.25, -0.2) is 4.79 Å². The average molecular weight is 407 g/mol. The fraction of sp³-hybridized carbons (Fsp3) is 0.211. The summed E-state index contributed by atoms with van der Waals surface area (Å²) in [6.07, 6.45) is 2.99. The number of rotatable bonds is 7. The van der Waals surface area contributed by atoms with Crippen LogP contribution in [0, 0.1) is 0 Å². The quantitative estimate of drug-likeness (QED) is 0.508. The van der Waals surface area contributed by atoms with Gasteiger partial charge >= 0.3 is 5.97 Å². The number of hydrogen-bond acceptors (Lipinski definition) is 5.